The Labute approximate surface area is 128 Å². The zero-order chi connectivity index (χ0) is 15.9. The summed E-state index contributed by atoms with van der Waals surface area (Å²) >= 11 is 0. The second-order valence-electron chi connectivity index (χ2n) is 5.63. The number of fused-ring (bicyclic) bond motifs is 3. The molecule has 114 valence electrons. The molecule has 1 atom stereocenters. The van der Waals surface area contributed by atoms with Crippen LogP contribution in [0.2, 0.25) is 0 Å². The molecule has 1 amide bonds. The van der Waals surface area contributed by atoms with Gasteiger partial charge in [0.2, 0.25) is 5.91 Å². The van der Waals surface area contributed by atoms with Gasteiger partial charge in [0, 0.05) is 25.5 Å². The van der Waals surface area contributed by atoms with Gasteiger partial charge >= 0.3 is 0 Å². The van der Waals surface area contributed by atoms with Crippen molar-refractivity contribution in [2.24, 2.45) is 0 Å². The zero-order valence-corrected chi connectivity index (χ0v) is 13.2. The molecule has 1 aromatic carbocycles. The predicted molar refractivity (Wildman–Crippen MR) is 87.0 cm³/mol. The van der Waals surface area contributed by atoms with Crippen molar-refractivity contribution >= 4 is 28.3 Å². The van der Waals surface area contributed by atoms with Crippen LogP contribution in [-0.4, -0.2) is 45.5 Å². The molecule has 0 spiro atoms. The molecule has 0 aliphatic rings. The number of carbonyl (C=O) groups excluding carboxylic acids is 1. The molecule has 0 bridgehead atoms. The first-order chi connectivity index (χ1) is 10.5. The van der Waals surface area contributed by atoms with Crippen LogP contribution in [0.5, 0.6) is 0 Å². The van der Waals surface area contributed by atoms with Crippen LogP contribution in [0.25, 0.3) is 16.6 Å². The van der Waals surface area contributed by atoms with Crippen LogP contribution in [0.15, 0.2) is 30.3 Å². The van der Waals surface area contributed by atoms with Gasteiger partial charge in [0.1, 0.15) is 11.9 Å². The van der Waals surface area contributed by atoms with Crippen LogP contribution >= 0.6 is 0 Å². The van der Waals surface area contributed by atoms with E-state index in [4.69, 9.17) is 0 Å². The fourth-order valence-electron chi connectivity index (χ4n) is 2.54. The minimum absolute atomic E-state index is 0.00967. The highest BCUT2D eigenvalue weighted by Crippen LogP contribution is 2.24. The molecule has 6 heteroatoms. The Bertz CT molecular complexity index is 852. The first kappa shape index (κ1) is 14.3. The Morgan fingerprint density at radius 1 is 1.32 bits per heavy atom. The molecule has 2 heterocycles. The van der Waals surface area contributed by atoms with Crippen molar-refractivity contribution in [2.75, 3.05) is 19.4 Å². The molecule has 3 rings (SSSR count). The van der Waals surface area contributed by atoms with Gasteiger partial charge in [0.05, 0.1) is 11.2 Å². The van der Waals surface area contributed by atoms with E-state index in [0.29, 0.717) is 5.82 Å². The number of amides is 1. The van der Waals surface area contributed by atoms with Gasteiger partial charge in [-0.3, -0.25) is 4.79 Å². The molecular weight excluding hydrogens is 278 g/mol. The minimum Gasteiger partial charge on any atom is -0.358 e. The number of hydrogen-bond acceptors (Lipinski definition) is 4. The van der Waals surface area contributed by atoms with Crippen molar-refractivity contribution < 1.29 is 4.79 Å². The number of hydrogen-bond donors (Lipinski definition) is 1. The van der Waals surface area contributed by atoms with Crippen LogP contribution in [0.4, 0.5) is 5.82 Å². The second kappa shape index (κ2) is 5.29. The molecule has 0 aliphatic carbocycles. The van der Waals surface area contributed by atoms with E-state index < -0.39 is 0 Å². The Balaban J connectivity index is 2.13. The minimum atomic E-state index is -0.350. The molecule has 0 aliphatic heterocycles. The monoisotopic (exact) mass is 297 g/mol. The number of nitrogens with zero attached hydrogens (tertiary/aromatic N) is 4. The summed E-state index contributed by atoms with van der Waals surface area (Å²) in [6.45, 7) is 3.78. The Morgan fingerprint density at radius 2 is 2.05 bits per heavy atom. The summed E-state index contributed by atoms with van der Waals surface area (Å²) < 4.78 is 1.83. The van der Waals surface area contributed by atoms with Crippen molar-refractivity contribution in [1.29, 1.82) is 0 Å². The Hall–Kier alpha value is -2.63. The van der Waals surface area contributed by atoms with E-state index in [0.717, 1.165) is 22.2 Å². The summed E-state index contributed by atoms with van der Waals surface area (Å²) in [4.78, 5) is 18.3. The molecule has 0 fully saturated rings. The van der Waals surface area contributed by atoms with Gasteiger partial charge < -0.3 is 10.2 Å². The van der Waals surface area contributed by atoms with Crippen molar-refractivity contribution in [1.82, 2.24) is 19.5 Å². The molecule has 1 N–H and O–H groups in total. The predicted octanol–water partition coefficient (Wildman–Crippen LogP) is 2.08. The van der Waals surface area contributed by atoms with Crippen LogP contribution in [0.3, 0.4) is 0 Å². The molecule has 2 aromatic heterocycles. The normalized spacial score (nSPS) is 12.5. The molecular formula is C16H19N5O. The van der Waals surface area contributed by atoms with Crippen molar-refractivity contribution in [3.8, 4) is 0 Å². The van der Waals surface area contributed by atoms with Gasteiger partial charge in [-0.2, -0.15) is 5.10 Å². The quantitative estimate of drug-likeness (QED) is 0.804. The van der Waals surface area contributed by atoms with E-state index in [2.05, 4.69) is 15.4 Å². The van der Waals surface area contributed by atoms with E-state index in [9.17, 15) is 4.79 Å². The van der Waals surface area contributed by atoms with Crippen molar-refractivity contribution in [3.63, 3.8) is 0 Å². The largest absolute Gasteiger partial charge is 0.358 e. The third-order valence-corrected chi connectivity index (χ3v) is 3.59. The van der Waals surface area contributed by atoms with Gasteiger partial charge in [0.15, 0.2) is 5.65 Å². The van der Waals surface area contributed by atoms with Crippen LogP contribution < -0.4 is 5.32 Å². The van der Waals surface area contributed by atoms with Gasteiger partial charge in [-0.1, -0.05) is 12.1 Å². The second-order valence-corrected chi connectivity index (χ2v) is 5.63. The summed E-state index contributed by atoms with van der Waals surface area (Å²) in [7, 11) is 3.49. The van der Waals surface area contributed by atoms with E-state index in [1.54, 1.807) is 19.0 Å². The highest BCUT2D eigenvalue weighted by Gasteiger charge is 2.17. The average Bonchev–Trinajstić information content (AvgIpc) is 2.87. The molecule has 0 saturated carbocycles. The van der Waals surface area contributed by atoms with Crippen LogP contribution in [0, 0.1) is 6.92 Å². The lowest BCUT2D eigenvalue weighted by molar-refractivity contribution is -0.129. The smallest absolute Gasteiger partial charge is 0.244 e. The lowest BCUT2D eigenvalue weighted by Gasteiger charge is -2.19. The maximum Gasteiger partial charge on any atom is 0.244 e. The number of rotatable bonds is 3. The third-order valence-electron chi connectivity index (χ3n) is 3.59. The first-order valence-corrected chi connectivity index (χ1v) is 7.20. The summed E-state index contributed by atoms with van der Waals surface area (Å²) in [6, 6.07) is 9.48. The molecule has 1 unspecified atom stereocenters. The maximum absolute atomic E-state index is 12.1. The van der Waals surface area contributed by atoms with Gasteiger partial charge in [-0.05, 0) is 26.0 Å². The maximum atomic E-state index is 12.1. The van der Waals surface area contributed by atoms with Crippen LogP contribution in [-0.2, 0) is 4.79 Å². The number of benzene rings is 1. The van der Waals surface area contributed by atoms with E-state index >= 15 is 0 Å². The van der Waals surface area contributed by atoms with Gasteiger partial charge in [0.25, 0.3) is 0 Å². The van der Waals surface area contributed by atoms with Gasteiger partial charge in [-0.25, -0.2) is 9.50 Å². The van der Waals surface area contributed by atoms with Crippen molar-refractivity contribution in [2.45, 2.75) is 19.9 Å². The lowest BCUT2D eigenvalue weighted by atomic mass is 10.2. The zero-order valence-electron chi connectivity index (χ0n) is 13.2. The van der Waals surface area contributed by atoms with E-state index in [-0.39, 0.29) is 11.9 Å². The molecule has 0 saturated heterocycles. The summed E-state index contributed by atoms with van der Waals surface area (Å²) in [5, 5.41) is 8.64. The Kier molecular flexibility index (Phi) is 3.44. The highest BCUT2D eigenvalue weighted by atomic mass is 16.2. The number of aryl methyl sites for hydroxylation is 1. The number of para-hydroxylation sites is 1. The van der Waals surface area contributed by atoms with Crippen LogP contribution in [0.1, 0.15) is 12.6 Å². The lowest BCUT2D eigenvalue weighted by Crippen LogP contribution is -2.36. The number of anilines is 1. The molecule has 0 radical (unpaired) electrons. The summed E-state index contributed by atoms with van der Waals surface area (Å²) in [5.41, 5.74) is 2.64. The number of likely N-dealkylation sites (N-methyl/N-ethyl adjacent to an activating group) is 1. The number of nitrogens with one attached hydrogen (secondary N) is 1. The highest BCUT2D eigenvalue weighted by molar-refractivity contribution is 5.93. The average molecular weight is 297 g/mol. The SMILES string of the molecule is Cc1cc2nc(NC(C)C(=O)N(C)C)c3ccccc3n2n1. The Morgan fingerprint density at radius 3 is 2.77 bits per heavy atom. The standard InChI is InChI=1S/C16H19N5O/c1-10-9-14-18-15(17-11(2)16(22)20(3)4)12-7-5-6-8-13(12)21(14)19-10/h5-9,11H,1-4H3,(H,17,18). The fourth-order valence-corrected chi connectivity index (χ4v) is 2.54. The van der Waals surface area contributed by atoms with Gasteiger partial charge in [-0.15, -0.1) is 0 Å². The summed E-state index contributed by atoms with van der Waals surface area (Å²) in [6.07, 6.45) is 0. The summed E-state index contributed by atoms with van der Waals surface area (Å²) in [5.74, 6) is 0.709. The van der Waals surface area contributed by atoms with E-state index in [1.807, 2.05) is 48.7 Å². The van der Waals surface area contributed by atoms with E-state index in [1.165, 1.54) is 0 Å². The van der Waals surface area contributed by atoms with Crippen molar-refractivity contribution in [3.05, 3.63) is 36.0 Å². The number of carbonyl (C=O) groups is 1. The first-order valence-electron chi connectivity index (χ1n) is 7.20. The third kappa shape index (κ3) is 2.36. The molecule has 3 aromatic rings. The molecule has 6 nitrogen and oxygen atoms in total. The molecule has 22 heavy (non-hydrogen) atoms. The number of aromatic nitrogens is 3. The fraction of sp³-hybridized carbons (Fsp3) is 0.312. The topological polar surface area (TPSA) is 62.5 Å².